The van der Waals surface area contributed by atoms with Crippen molar-refractivity contribution in [3.63, 3.8) is 0 Å². The lowest BCUT2D eigenvalue weighted by molar-refractivity contribution is -0.138. The van der Waals surface area contributed by atoms with E-state index in [2.05, 4.69) is 4.72 Å². The van der Waals surface area contributed by atoms with Crippen LogP contribution in [0.25, 0.3) is 0 Å². The Hall–Kier alpha value is -0.660. The molecule has 0 aromatic heterocycles. The van der Waals surface area contributed by atoms with E-state index in [1.165, 1.54) is 7.05 Å². The van der Waals surface area contributed by atoms with Gasteiger partial charge in [0.05, 0.1) is 5.75 Å². The molecule has 0 saturated carbocycles. The van der Waals surface area contributed by atoms with Crippen LogP contribution in [0.3, 0.4) is 0 Å². The lowest BCUT2D eigenvalue weighted by atomic mass is 10.2. The second-order valence-corrected chi connectivity index (χ2v) is 4.30. The first-order chi connectivity index (χ1) is 5.39. The Morgan fingerprint density at radius 3 is 2.50 bits per heavy atom. The van der Waals surface area contributed by atoms with Gasteiger partial charge in [-0.1, -0.05) is 0 Å². The summed E-state index contributed by atoms with van der Waals surface area (Å²) in [6.07, 6.45) is -0.0848. The molecule has 0 radical (unpaired) electrons. The summed E-state index contributed by atoms with van der Waals surface area (Å²) in [4.78, 5) is 10.2. The third-order valence-corrected chi connectivity index (χ3v) is 2.72. The van der Waals surface area contributed by atoms with Gasteiger partial charge >= 0.3 is 5.97 Å². The van der Waals surface area contributed by atoms with Crippen LogP contribution in [-0.2, 0) is 14.8 Å². The summed E-state index contributed by atoms with van der Waals surface area (Å²) >= 11 is 0. The fourth-order valence-electron chi connectivity index (χ4n) is 0.508. The normalized spacial score (nSPS) is 14.2. The number of nitrogens with one attached hydrogen (secondary N) is 1. The largest absolute Gasteiger partial charge is 0.480 e. The molecule has 0 aromatic rings. The third-order valence-electron chi connectivity index (χ3n) is 1.33. The SMILES string of the molecule is CNS(=O)(=O)CC[C@H](N)C(=O)O. The average molecular weight is 196 g/mol. The number of carboxylic acid groups (broad SMARTS) is 1. The van der Waals surface area contributed by atoms with Crippen LogP contribution in [-0.4, -0.2) is 38.3 Å². The van der Waals surface area contributed by atoms with Gasteiger partial charge in [0.1, 0.15) is 6.04 Å². The minimum atomic E-state index is -3.34. The van der Waals surface area contributed by atoms with Gasteiger partial charge in [0.2, 0.25) is 10.0 Å². The molecule has 0 amide bonds. The fourth-order valence-corrected chi connectivity index (χ4v) is 1.28. The maximum absolute atomic E-state index is 10.8. The van der Waals surface area contributed by atoms with Crippen LogP contribution < -0.4 is 10.5 Å². The number of aliphatic carboxylic acids is 1. The second-order valence-electron chi connectivity index (χ2n) is 2.26. The topological polar surface area (TPSA) is 109 Å². The molecule has 72 valence electrons. The molecule has 12 heavy (non-hydrogen) atoms. The molecular weight excluding hydrogens is 184 g/mol. The van der Waals surface area contributed by atoms with E-state index in [1.54, 1.807) is 0 Å². The third kappa shape index (κ3) is 4.27. The highest BCUT2D eigenvalue weighted by Crippen LogP contribution is 1.92. The highest BCUT2D eigenvalue weighted by Gasteiger charge is 2.15. The molecule has 0 aliphatic carbocycles. The number of hydrogen-bond donors (Lipinski definition) is 3. The molecule has 0 bridgehead atoms. The molecule has 0 heterocycles. The average Bonchev–Trinajstić information content (AvgIpc) is 2.00. The minimum Gasteiger partial charge on any atom is -0.480 e. The molecule has 1 atom stereocenters. The maximum Gasteiger partial charge on any atom is 0.320 e. The van der Waals surface area contributed by atoms with Gasteiger partial charge in [0, 0.05) is 0 Å². The molecular formula is C5H12N2O4S. The van der Waals surface area contributed by atoms with Crippen molar-refractivity contribution in [2.24, 2.45) is 5.73 Å². The number of carbonyl (C=O) groups is 1. The Morgan fingerprint density at radius 1 is 1.67 bits per heavy atom. The van der Waals surface area contributed by atoms with Gasteiger partial charge in [-0.05, 0) is 13.5 Å². The molecule has 0 spiro atoms. The lowest BCUT2D eigenvalue weighted by Gasteiger charge is -2.05. The zero-order chi connectivity index (χ0) is 9.78. The van der Waals surface area contributed by atoms with E-state index in [9.17, 15) is 13.2 Å². The van der Waals surface area contributed by atoms with Crippen LogP contribution in [0.2, 0.25) is 0 Å². The van der Waals surface area contributed by atoms with E-state index < -0.39 is 22.0 Å². The van der Waals surface area contributed by atoms with E-state index >= 15 is 0 Å². The van der Waals surface area contributed by atoms with Gasteiger partial charge < -0.3 is 10.8 Å². The minimum absolute atomic E-state index is 0.0848. The van der Waals surface area contributed by atoms with Crippen molar-refractivity contribution >= 4 is 16.0 Å². The first-order valence-electron chi connectivity index (χ1n) is 3.28. The van der Waals surface area contributed by atoms with E-state index in [-0.39, 0.29) is 12.2 Å². The van der Waals surface area contributed by atoms with Crippen LogP contribution in [0, 0.1) is 0 Å². The highest BCUT2D eigenvalue weighted by molar-refractivity contribution is 7.89. The summed E-state index contributed by atoms with van der Waals surface area (Å²) in [6, 6.07) is -1.12. The van der Waals surface area contributed by atoms with Crippen LogP contribution in [0.15, 0.2) is 0 Å². The van der Waals surface area contributed by atoms with E-state index in [4.69, 9.17) is 10.8 Å². The van der Waals surface area contributed by atoms with Crippen molar-refractivity contribution in [3.8, 4) is 0 Å². The highest BCUT2D eigenvalue weighted by atomic mass is 32.2. The van der Waals surface area contributed by atoms with Gasteiger partial charge in [-0.2, -0.15) is 0 Å². The quantitative estimate of drug-likeness (QED) is 0.487. The first-order valence-corrected chi connectivity index (χ1v) is 4.94. The summed E-state index contributed by atoms with van der Waals surface area (Å²) < 4.78 is 23.6. The van der Waals surface area contributed by atoms with Crippen molar-refractivity contribution in [1.29, 1.82) is 0 Å². The Balaban J connectivity index is 3.92. The fraction of sp³-hybridized carbons (Fsp3) is 0.800. The van der Waals surface area contributed by atoms with Gasteiger partial charge in [-0.25, -0.2) is 13.1 Å². The van der Waals surface area contributed by atoms with E-state index in [1.807, 2.05) is 0 Å². The smallest absolute Gasteiger partial charge is 0.320 e. The van der Waals surface area contributed by atoms with Crippen molar-refractivity contribution in [2.45, 2.75) is 12.5 Å². The van der Waals surface area contributed by atoms with Crippen LogP contribution in [0.4, 0.5) is 0 Å². The summed E-state index contributed by atoms with van der Waals surface area (Å²) in [7, 11) is -2.08. The molecule has 6 nitrogen and oxygen atoms in total. The molecule has 4 N–H and O–H groups in total. The van der Waals surface area contributed by atoms with Gasteiger partial charge in [-0.15, -0.1) is 0 Å². The van der Waals surface area contributed by atoms with Gasteiger partial charge in [-0.3, -0.25) is 4.79 Å². The van der Waals surface area contributed by atoms with Crippen molar-refractivity contribution in [3.05, 3.63) is 0 Å². The molecule has 0 unspecified atom stereocenters. The van der Waals surface area contributed by atoms with Gasteiger partial charge in [0.15, 0.2) is 0 Å². The van der Waals surface area contributed by atoms with Crippen molar-refractivity contribution in [1.82, 2.24) is 4.72 Å². The van der Waals surface area contributed by atoms with E-state index in [0.717, 1.165) is 0 Å². The maximum atomic E-state index is 10.8. The van der Waals surface area contributed by atoms with Crippen molar-refractivity contribution < 1.29 is 18.3 Å². The number of hydrogen-bond acceptors (Lipinski definition) is 4. The molecule has 0 aromatic carbocycles. The first kappa shape index (κ1) is 11.3. The number of nitrogens with two attached hydrogens (primary N) is 1. The molecule has 0 aliphatic heterocycles. The van der Waals surface area contributed by atoms with Gasteiger partial charge in [0.25, 0.3) is 0 Å². The lowest BCUT2D eigenvalue weighted by Crippen LogP contribution is -2.34. The molecule has 7 heteroatoms. The monoisotopic (exact) mass is 196 g/mol. The number of sulfonamides is 1. The van der Waals surface area contributed by atoms with Crippen LogP contribution in [0.1, 0.15) is 6.42 Å². The summed E-state index contributed by atoms with van der Waals surface area (Å²) in [5, 5.41) is 8.31. The Labute approximate surface area is 70.8 Å². The Morgan fingerprint density at radius 2 is 2.17 bits per heavy atom. The molecule has 0 rings (SSSR count). The molecule has 0 aliphatic rings. The Kier molecular flexibility index (Phi) is 4.15. The van der Waals surface area contributed by atoms with Crippen LogP contribution >= 0.6 is 0 Å². The summed E-state index contributed by atoms with van der Waals surface area (Å²) in [5.74, 6) is -1.46. The van der Waals surface area contributed by atoms with E-state index in [0.29, 0.717) is 0 Å². The zero-order valence-electron chi connectivity index (χ0n) is 6.65. The van der Waals surface area contributed by atoms with Crippen molar-refractivity contribution in [2.75, 3.05) is 12.8 Å². The second kappa shape index (κ2) is 4.39. The Bertz CT molecular complexity index is 248. The zero-order valence-corrected chi connectivity index (χ0v) is 7.47. The summed E-state index contributed by atoms with van der Waals surface area (Å²) in [6.45, 7) is 0. The molecule has 0 saturated heterocycles. The standard InChI is InChI=1S/C5H12N2O4S/c1-7-12(10,11)3-2-4(6)5(8)9/h4,7H,2-3,6H2,1H3,(H,8,9)/t4-/m0/s1. The predicted octanol–water partition coefficient (Wildman–Crippen LogP) is -1.66. The number of carboxylic acids is 1. The van der Waals surface area contributed by atoms with Crippen LogP contribution in [0.5, 0.6) is 0 Å². The summed E-state index contributed by atoms with van der Waals surface area (Å²) in [5.41, 5.74) is 5.09. The predicted molar refractivity (Wildman–Crippen MR) is 43.1 cm³/mol. The molecule has 0 fully saturated rings. The number of rotatable bonds is 5.